The van der Waals surface area contributed by atoms with Gasteiger partial charge in [-0.25, -0.2) is 4.90 Å². The van der Waals surface area contributed by atoms with E-state index in [0.29, 0.717) is 23.0 Å². The van der Waals surface area contributed by atoms with Gasteiger partial charge in [0.1, 0.15) is 0 Å². The fourth-order valence-electron chi connectivity index (χ4n) is 4.19. The van der Waals surface area contributed by atoms with Crippen LogP contribution >= 0.6 is 0 Å². The van der Waals surface area contributed by atoms with Gasteiger partial charge >= 0.3 is 0 Å². The molecule has 0 bridgehead atoms. The van der Waals surface area contributed by atoms with Crippen molar-refractivity contribution in [3.8, 4) is 0 Å². The summed E-state index contributed by atoms with van der Waals surface area (Å²) in [6.45, 7) is 1.41. The summed E-state index contributed by atoms with van der Waals surface area (Å²) in [5, 5.41) is 3.65. The van der Waals surface area contributed by atoms with E-state index >= 15 is 0 Å². The number of nitrogens with zero attached hydrogens (tertiary/aromatic N) is 1. The van der Waals surface area contributed by atoms with Crippen LogP contribution in [0.25, 0.3) is 11.3 Å². The van der Waals surface area contributed by atoms with Crippen molar-refractivity contribution in [1.29, 1.82) is 0 Å². The number of imide groups is 1. The van der Waals surface area contributed by atoms with E-state index in [2.05, 4.69) is 5.32 Å². The molecule has 4 rings (SSSR count). The van der Waals surface area contributed by atoms with Gasteiger partial charge < -0.3 is 11.1 Å². The van der Waals surface area contributed by atoms with E-state index in [1.165, 1.54) is 31.1 Å². The number of nitrogens with one attached hydrogen (secondary N) is 1. The van der Waals surface area contributed by atoms with Gasteiger partial charge in [-0.1, -0.05) is 49.6 Å². The van der Waals surface area contributed by atoms with E-state index in [-0.39, 0.29) is 11.8 Å². The zero-order valence-electron chi connectivity index (χ0n) is 16.1. The highest BCUT2D eigenvalue weighted by Gasteiger charge is 2.38. The van der Waals surface area contributed by atoms with Crippen molar-refractivity contribution in [2.45, 2.75) is 45.1 Å². The summed E-state index contributed by atoms with van der Waals surface area (Å²) in [7, 11) is 0. The number of nitrogens with two attached hydrogens (primary N) is 1. The number of hydrogen-bond donors (Lipinski definition) is 2. The first kappa shape index (κ1) is 18.3. The van der Waals surface area contributed by atoms with E-state index in [9.17, 15) is 9.59 Å². The Morgan fingerprint density at radius 1 is 1.07 bits per heavy atom. The van der Waals surface area contributed by atoms with Crippen molar-refractivity contribution in [3.63, 3.8) is 0 Å². The van der Waals surface area contributed by atoms with Crippen molar-refractivity contribution in [1.82, 2.24) is 5.32 Å². The molecule has 1 saturated carbocycles. The molecule has 2 aromatic rings. The molecule has 0 saturated heterocycles. The summed E-state index contributed by atoms with van der Waals surface area (Å²) in [5.41, 5.74) is 10.1. The molecule has 2 amide bonds. The van der Waals surface area contributed by atoms with Gasteiger partial charge in [0.2, 0.25) is 5.91 Å². The third-order valence-corrected chi connectivity index (χ3v) is 5.53. The van der Waals surface area contributed by atoms with Gasteiger partial charge in [0.05, 0.1) is 17.0 Å². The molecule has 1 aliphatic heterocycles. The van der Waals surface area contributed by atoms with E-state index in [0.717, 1.165) is 29.7 Å². The Hall–Kier alpha value is -3.08. The highest BCUT2D eigenvalue weighted by molar-refractivity contribution is 6.43. The highest BCUT2D eigenvalue weighted by Crippen LogP contribution is 2.41. The zero-order valence-corrected chi connectivity index (χ0v) is 16.1. The van der Waals surface area contributed by atoms with Gasteiger partial charge in [-0.05, 0) is 36.6 Å². The Bertz CT molecular complexity index is 944. The van der Waals surface area contributed by atoms with Gasteiger partial charge in [-0.2, -0.15) is 0 Å². The van der Waals surface area contributed by atoms with Crippen LogP contribution in [0, 0.1) is 0 Å². The summed E-state index contributed by atoms with van der Waals surface area (Å²) in [6.07, 6.45) is 5.81. The molecule has 1 fully saturated rings. The number of amides is 2. The molecule has 28 heavy (non-hydrogen) atoms. The van der Waals surface area contributed by atoms with E-state index in [4.69, 9.17) is 5.73 Å². The van der Waals surface area contributed by atoms with Crippen LogP contribution in [0.15, 0.2) is 48.5 Å². The molecule has 2 aliphatic rings. The van der Waals surface area contributed by atoms with Crippen LogP contribution in [0.2, 0.25) is 0 Å². The van der Waals surface area contributed by atoms with Gasteiger partial charge in [0.25, 0.3) is 5.91 Å². The fourth-order valence-corrected chi connectivity index (χ4v) is 4.19. The first-order chi connectivity index (χ1) is 13.6. The molecule has 0 spiro atoms. The molecule has 5 nitrogen and oxygen atoms in total. The average Bonchev–Trinajstić information content (AvgIpc) is 2.98. The number of carbonyl (C=O) groups is 2. The van der Waals surface area contributed by atoms with Gasteiger partial charge in [-0.15, -0.1) is 0 Å². The summed E-state index contributed by atoms with van der Waals surface area (Å²) < 4.78 is 0. The molecule has 1 aliphatic carbocycles. The van der Waals surface area contributed by atoms with Crippen LogP contribution in [-0.4, -0.2) is 17.9 Å². The molecule has 3 N–H and O–H groups in total. The Balaban J connectivity index is 1.90. The number of carbonyl (C=O) groups excluding carboxylic acids is 2. The largest absolute Gasteiger partial charge is 0.399 e. The quantitative estimate of drug-likeness (QED) is 0.629. The molecule has 0 atom stereocenters. The standard InChI is InChI=1S/C23H25N3O2/c1-15(27)26-20-14-17(24)12-13-19(20)21(23(26)28)22(16-8-4-2-5-9-16)25-18-10-6-3-7-11-18/h2,4-5,8-9,12-14,18,25H,3,6-7,10-11,24H2,1H3/b22-21-. The first-order valence-corrected chi connectivity index (χ1v) is 9.87. The van der Waals surface area contributed by atoms with Crippen molar-refractivity contribution in [3.05, 3.63) is 59.7 Å². The van der Waals surface area contributed by atoms with Gasteiger partial charge in [0.15, 0.2) is 0 Å². The number of rotatable bonds is 3. The second-order valence-corrected chi connectivity index (χ2v) is 7.53. The maximum Gasteiger partial charge on any atom is 0.267 e. The zero-order chi connectivity index (χ0) is 19.7. The van der Waals surface area contributed by atoms with Crippen LogP contribution in [-0.2, 0) is 9.59 Å². The molecular weight excluding hydrogens is 350 g/mol. The smallest absolute Gasteiger partial charge is 0.267 e. The number of hydrogen-bond acceptors (Lipinski definition) is 4. The van der Waals surface area contributed by atoms with Crippen LogP contribution in [0.3, 0.4) is 0 Å². The molecule has 2 aromatic carbocycles. The number of fused-ring (bicyclic) bond motifs is 1. The fraction of sp³-hybridized carbons (Fsp3) is 0.304. The summed E-state index contributed by atoms with van der Waals surface area (Å²) in [6, 6.07) is 15.5. The van der Waals surface area contributed by atoms with Crippen LogP contribution in [0.1, 0.15) is 50.2 Å². The number of nitrogen functional groups attached to an aromatic ring is 1. The van der Waals surface area contributed by atoms with Gasteiger partial charge in [-0.3, -0.25) is 9.59 Å². The Morgan fingerprint density at radius 2 is 1.79 bits per heavy atom. The summed E-state index contributed by atoms with van der Waals surface area (Å²) in [5.74, 6) is -0.604. The van der Waals surface area contributed by atoms with E-state index < -0.39 is 0 Å². The van der Waals surface area contributed by atoms with E-state index in [1.54, 1.807) is 12.1 Å². The van der Waals surface area contributed by atoms with Crippen molar-refractivity contribution >= 4 is 34.5 Å². The summed E-state index contributed by atoms with van der Waals surface area (Å²) >= 11 is 0. The van der Waals surface area contributed by atoms with E-state index in [1.807, 2.05) is 36.4 Å². The molecule has 0 unspecified atom stereocenters. The van der Waals surface area contributed by atoms with Crippen LogP contribution < -0.4 is 16.0 Å². The lowest BCUT2D eigenvalue weighted by atomic mass is 9.93. The average molecular weight is 375 g/mol. The maximum atomic E-state index is 13.3. The monoisotopic (exact) mass is 375 g/mol. The lowest BCUT2D eigenvalue weighted by Gasteiger charge is -2.26. The van der Waals surface area contributed by atoms with Gasteiger partial charge in [0, 0.05) is 24.2 Å². The Morgan fingerprint density at radius 3 is 2.46 bits per heavy atom. The first-order valence-electron chi connectivity index (χ1n) is 9.87. The normalized spacial score (nSPS) is 18.8. The molecular formula is C23H25N3O2. The minimum Gasteiger partial charge on any atom is -0.399 e. The third kappa shape index (κ3) is 3.28. The topological polar surface area (TPSA) is 75.4 Å². The molecule has 5 heteroatoms. The van der Waals surface area contributed by atoms with Crippen molar-refractivity contribution in [2.24, 2.45) is 0 Å². The maximum absolute atomic E-state index is 13.3. The third-order valence-electron chi connectivity index (χ3n) is 5.53. The van der Waals surface area contributed by atoms with Crippen molar-refractivity contribution in [2.75, 3.05) is 10.6 Å². The number of anilines is 2. The lowest BCUT2D eigenvalue weighted by Crippen LogP contribution is -2.34. The molecule has 0 aromatic heterocycles. The van der Waals surface area contributed by atoms with Crippen LogP contribution in [0.4, 0.5) is 11.4 Å². The minimum atomic E-state index is -0.308. The second-order valence-electron chi connectivity index (χ2n) is 7.53. The predicted octanol–water partition coefficient (Wildman–Crippen LogP) is 3.95. The molecule has 144 valence electrons. The van der Waals surface area contributed by atoms with Crippen molar-refractivity contribution < 1.29 is 9.59 Å². The molecule has 0 radical (unpaired) electrons. The highest BCUT2D eigenvalue weighted by atomic mass is 16.2. The number of benzene rings is 2. The minimum absolute atomic E-state index is 0.296. The summed E-state index contributed by atoms with van der Waals surface area (Å²) in [4.78, 5) is 26.8. The second kappa shape index (κ2) is 7.50. The predicted molar refractivity (Wildman–Crippen MR) is 112 cm³/mol. The molecule has 1 heterocycles. The SMILES string of the molecule is CC(=O)N1C(=O)/C(=C(\NC2CCCCC2)c2ccccc2)c2ccc(N)cc21. The Kier molecular flexibility index (Phi) is 4.90. The van der Waals surface area contributed by atoms with Crippen LogP contribution in [0.5, 0.6) is 0 Å². The lowest BCUT2D eigenvalue weighted by molar-refractivity contribution is -0.122. The Labute approximate surface area is 165 Å².